The van der Waals surface area contributed by atoms with Crippen LogP contribution in [0.5, 0.6) is 0 Å². The lowest BCUT2D eigenvalue weighted by Crippen LogP contribution is -2.54. The molecular formula is C20H15N3O5. The van der Waals surface area contributed by atoms with Crippen LogP contribution in [0, 0.1) is 17.0 Å². The molecule has 1 saturated heterocycles. The monoisotopic (exact) mass is 377 g/mol. The second-order valence-electron chi connectivity index (χ2n) is 5.94. The number of benzene rings is 2. The van der Waals surface area contributed by atoms with Gasteiger partial charge in [0.05, 0.1) is 16.2 Å². The molecule has 1 fully saturated rings. The molecule has 2 aromatic carbocycles. The van der Waals surface area contributed by atoms with Crippen molar-refractivity contribution < 1.29 is 19.3 Å². The molecule has 1 aliphatic rings. The summed E-state index contributed by atoms with van der Waals surface area (Å²) in [6, 6.07) is 12.0. The molecule has 0 bridgehead atoms. The van der Waals surface area contributed by atoms with Crippen LogP contribution in [-0.4, -0.2) is 22.8 Å². The number of aryl methyl sites for hydroxylation is 1. The first kappa shape index (κ1) is 18.7. The molecule has 4 amide bonds. The number of carbonyl (C=O) groups excluding carboxylic acids is 3. The van der Waals surface area contributed by atoms with Crippen LogP contribution in [0.4, 0.5) is 16.2 Å². The van der Waals surface area contributed by atoms with Crippen LogP contribution in [0.3, 0.4) is 0 Å². The average Bonchev–Trinajstić information content (AvgIpc) is 2.66. The van der Waals surface area contributed by atoms with E-state index in [1.165, 1.54) is 30.4 Å². The number of imide groups is 2. The second kappa shape index (κ2) is 7.67. The maximum atomic E-state index is 12.8. The normalized spacial score (nSPS) is 16.0. The smallest absolute Gasteiger partial charge is 0.273 e. The lowest BCUT2D eigenvalue weighted by atomic mass is 10.1. The summed E-state index contributed by atoms with van der Waals surface area (Å²) in [5.74, 6) is -1.60. The van der Waals surface area contributed by atoms with E-state index in [2.05, 4.69) is 5.32 Å². The maximum Gasteiger partial charge on any atom is 0.335 e. The molecule has 0 atom stereocenters. The molecule has 0 radical (unpaired) electrons. The van der Waals surface area contributed by atoms with Gasteiger partial charge in [-0.05, 0) is 36.8 Å². The zero-order valence-electron chi connectivity index (χ0n) is 14.8. The highest BCUT2D eigenvalue weighted by molar-refractivity contribution is 6.37. The SMILES string of the molecule is Cc1ccccc1N1C(=O)NC(=O)/C(=C\C=C\c2ccccc2[N+](=O)[O-])C1=O. The Hall–Kier alpha value is -4.07. The fraction of sp³-hybridized carbons (Fsp3) is 0.0500. The second-order valence-corrected chi connectivity index (χ2v) is 5.94. The van der Waals surface area contributed by atoms with Gasteiger partial charge in [-0.15, -0.1) is 0 Å². The maximum absolute atomic E-state index is 12.8. The van der Waals surface area contributed by atoms with E-state index in [0.29, 0.717) is 16.8 Å². The highest BCUT2D eigenvalue weighted by Crippen LogP contribution is 2.24. The number of barbiturate groups is 1. The number of anilines is 1. The van der Waals surface area contributed by atoms with Crippen LogP contribution in [0.25, 0.3) is 6.08 Å². The standard InChI is InChI=1S/C20H15N3O5/c1-13-7-2-4-11-16(13)22-19(25)15(18(24)21-20(22)26)10-6-9-14-8-3-5-12-17(14)23(27)28/h2-12H,1H3,(H,21,24,26)/b9-6+,15-10+. The van der Waals surface area contributed by atoms with Crippen molar-refractivity contribution in [3.05, 3.63) is 87.5 Å². The summed E-state index contributed by atoms with van der Waals surface area (Å²) in [7, 11) is 0. The van der Waals surface area contributed by atoms with Crippen molar-refractivity contribution in [3.8, 4) is 0 Å². The minimum atomic E-state index is -0.830. The number of hydrogen-bond donors (Lipinski definition) is 1. The Morgan fingerprint density at radius 3 is 2.43 bits per heavy atom. The Morgan fingerprint density at radius 2 is 1.71 bits per heavy atom. The average molecular weight is 377 g/mol. The van der Waals surface area contributed by atoms with Crippen LogP contribution < -0.4 is 10.2 Å². The third-order valence-corrected chi connectivity index (χ3v) is 4.13. The number of rotatable bonds is 4. The van der Waals surface area contributed by atoms with Gasteiger partial charge in [-0.1, -0.05) is 36.4 Å². The van der Waals surface area contributed by atoms with E-state index in [1.807, 2.05) is 0 Å². The number of nitrogens with one attached hydrogen (secondary N) is 1. The van der Waals surface area contributed by atoms with Gasteiger partial charge >= 0.3 is 6.03 Å². The molecular weight excluding hydrogens is 362 g/mol. The number of nitro groups is 1. The van der Waals surface area contributed by atoms with Gasteiger partial charge in [-0.2, -0.15) is 0 Å². The van der Waals surface area contributed by atoms with Gasteiger partial charge in [0.15, 0.2) is 0 Å². The number of nitrogens with zero attached hydrogens (tertiary/aromatic N) is 2. The minimum absolute atomic E-state index is 0.103. The van der Waals surface area contributed by atoms with Crippen molar-refractivity contribution in [2.45, 2.75) is 6.92 Å². The van der Waals surface area contributed by atoms with Gasteiger partial charge in [0, 0.05) is 6.07 Å². The van der Waals surface area contributed by atoms with E-state index < -0.39 is 22.8 Å². The Labute approximate surface area is 159 Å². The molecule has 1 aliphatic heterocycles. The van der Waals surface area contributed by atoms with Crippen molar-refractivity contribution >= 4 is 35.3 Å². The molecule has 0 aromatic heterocycles. The minimum Gasteiger partial charge on any atom is -0.273 e. The van der Waals surface area contributed by atoms with Crippen LogP contribution in [-0.2, 0) is 9.59 Å². The van der Waals surface area contributed by atoms with Crippen LogP contribution >= 0.6 is 0 Å². The van der Waals surface area contributed by atoms with Crippen LogP contribution in [0.15, 0.2) is 66.3 Å². The molecule has 8 heteroatoms. The third-order valence-electron chi connectivity index (χ3n) is 4.13. The Balaban J connectivity index is 1.94. The predicted octanol–water partition coefficient (Wildman–Crippen LogP) is 3.13. The molecule has 28 heavy (non-hydrogen) atoms. The lowest BCUT2D eigenvalue weighted by Gasteiger charge is -2.27. The predicted molar refractivity (Wildman–Crippen MR) is 102 cm³/mol. The van der Waals surface area contributed by atoms with E-state index in [0.717, 1.165) is 4.90 Å². The summed E-state index contributed by atoms with van der Waals surface area (Å²) in [5, 5.41) is 13.2. The first-order valence-corrected chi connectivity index (χ1v) is 8.27. The summed E-state index contributed by atoms with van der Waals surface area (Å²) in [6.45, 7) is 1.74. The van der Waals surface area contributed by atoms with Gasteiger partial charge in [0.1, 0.15) is 5.57 Å². The van der Waals surface area contributed by atoms with E-state index in [1.54, 1.807) is 43.3 Å². The van der Waals surface area contributed by atoms with Gasteiger partial charge in [0.25, 0.3) is 17.5 Å². The molecule has 0 saturated carbocycles. The fourth-order valence-corrected chi connectivity index (χ4v) is 2.75. The number of carbonyl (C=O) groups is 3. The van der Waals surface area contributed by atoms with Crippen LogP contribution in [0.2, 0.25) is 0 Å². The summed E-state index contributed by atoms with van der Waals surface area (Å²) >= 11 is 0. The zero-order chi connectivity index (χ0) is 20.3. The first-order chi connectivity index (χ1) is 13.4. The molecule has 0 spiro atoms. The van der Waals surface area contributed by atoms with E-state index in [9.17, 15) is 24.5 Å². The van der Waals surface area contributed by atoms with Gasteiger partial charge < -0.3 is 0 Å². The Kier molecular flexibility index (Phi) is 5.12. The molecule has 0 aliphatic carbocycles. The van der Waals surface area contributed by atoms with E-state index >= 15 is 0 Å². The summed E-state index contributed by atoms with van der Waals surface area (Å²) in [5.41, 5.74) is 1.02. The molecule has 0 unspecified atom stereocenters. The van der Waals surface area contributed by atoms with Crippen LogP contribution in [0.1, 0.15) is 11.1 Å². The molecule has 1 heterocycles. The topological polar surface area (TPSA) is 110 Å². The number of hydrogen-bond acceptors (Lipinski definition) is 5. The summed E-state index contributed by atoms with van der Waals surface area (Å²) in [6.07, 6.45) is 4.01. The Morgan fingerprint density at radius 1 is 1.04 bits per heavy atom. The van der Waals surface area contributed by atoms with Gasteiger partial charge in [0.2, 0.25) is 0 Å². The summed E-state index contributed by atoms with van der Waals surface area (Å²) in [4.78, 5) is 48.5. The number of nitro benzene ring substituents is 1. The van der Waals surface area contributed by atoms with Gasteiger partial charge in [-0.25, -0.2) is 9.69 Å². The lowest BCUT2D eigenvalue weighted by molar-refractivity contribution is -0.385. The van der Waals surface area contributed by atoms with Crippen molar-refractivity contribution in [1.82, 2.24) is 5.32 Å². The quantitative estimate of drug-likeness (QED) is 0.381. The van der Waals surface area contributed by atoms with E-state index in [-0.39, 0.29) is 11.3 Å². The fourth-order valence-electron chi connectivity index (χ4n) is 2.75. The first-order valence-electron chi connectivity index (χ1n) is 8.27. The number of para-hydroxylation sites is 2. The van der Waals surface area contributed by atoms with Gasteiger partial charge in [-0.3, -0.25) is 25.0 Å². The zero-order valence-corrected chi connectivity index (χ0v) is 14.8. The Bertz CT molecular complexity index is 1060. The molecule has 8 nitrogen and oxygen atoms in total. The number of amides is 4. The number of urea groups is 1. The van der Waals surface area contributed by atoms with Crippen molar-refractivity contribution in [1.29, 1.82) is 0 Å². The highest BCUT2D eigenvalue weighted by atomic mass is 16.6. The largest absolute Gasteiger partial charge is 0.335 e. The highest BCUT2D eigenvalue weighted by Gasteiger charge is 2.36. The molecule has 3 rings (SSSR count). The molecule has 140 valence electrons. The van der Waals surface area contributed by atoms with Crippen molar-refractivity contribution in [2.24, 2.45) is 0 Å². The number of allylic oxidation sites excluding steroid dienone is 2. The van der Waals surface area contributed by atoms with Crippen molar-refractivity contribution in [2.75, 3.05) is 4.90 Å². The third kappa shape index (κ3) is 3.56. The van der Waals surface area contributed by atoms with Crippen molar-refractivity contribution in [3.63, 3.8) is 0 Å². The molecule has 2 aromatic rings. The molecule has 1 N–H and O–H groups in total. The summed E-state index contributed by atoms with van der Waals surface area (Å²) < 4.78 is 0. The van der Waals surface area contributed by atoms with E-state index in [4.69, 9.17) is 0 Å².